The van der Waals surface area contributed by atoms with Gasteiger partial charge in [-0.15, -0.1) is 0 Å². The van der Waals surface area contributed by atoms with E-state index in [9.17, 15) is 4.79 Å². The van der Waals surface area contributed by atoms with Crippen molar-refractivity contribution in [3.8, 4) is 0 Å². The molecule has 1 aromatic rings. The summed E-state index contributed by atoms with van der Waals surface area (Å²) in [6.07, 6.45) is 0. The molecule has 92 valence electrons. The van der Waals surface area contributed by atoms with Crippen LogP contribution >= 0.6 is 0 Å². The molecule has 0 aliphatic rings. The number of rotatable bonds is 2. The number of nitrogens with zero attached hydrogens (tertiary/aromatic N) is 1. The number of carbonyl (C=O) groups is 1. The van der Waals surface area contributed by atoms with Gasteiger partial charge in [0.25, 0.3) is 0 Å². The van der Waals surface area contributed by atoms with Crippen LogP contribution in [0.4, 0.5) is 4.79 Å². The van der Waals surface area contributed by atoms with Crippen LogP contribution in [0.25, 0.3) is 0 Å². The Balaban J connectivity index is 2.88. The van der Waals surface area contributed by atoms with E-state index >= 15 is 0 Å². The fourth-order valence-corrected chi connectivity index (χ4v) is 1.41. The predicted octanol–water partition coefficient (Wildman–Crippen LogP) is 2.38. The molecule has 0 aliphatic heterocycles. The summed E-state index contributed by atoms with van der Waals surface area (Å²) in [5.41, 5.74) is 10.2. The number of benzene rings is 1. The summed E-state index contributed by atoms with van der Waals surface area (Å²) in [5, 5.41) is 3.88. The van der Waals surface area contributed by atoms with Gasteiger partial charge in [-0.3, -0.25) is 0 Å². The second kappa shape index (κ2) is 4.99. The van der Waals surface area contributed by atoms with Crippen molar-refractivity contribution >= 4 is 11.7 Å². The maximum atomic E-state index is 10.5. The zero-order valence-electron chi connectivity index (χ0n) is 10.7. The third-order valence-electron chi connectivity index (χ3n) is 2.50. The first-order chi connectivity index (χ1) is 7.80. The summed E-state index contributed by atoms with van der Waals surface area (Å²) < 4.78 is 0. The summed E-state index contributed by atoms with van der Waals surface area (Å²) >= 11 is 0. The minimum atomic E-state index is -0.657. The summed E-state index contributed by atoms with van der Waals surface area (Å²) in [5.74, 6) is 0. The number of urea groups is 1. The Labute approximate surface area is 102 Å². The molecule has 4 nitrogen and oxygen atoms in total. The lowest BCUT2D eigenvalue weighted by Gasteiger charge is -2.19. The van der Waals surface area contributed by atoms with Gasteiger partial charge in [-0.2, -0.15) is 5.10 Å². The molecule has 0 heterocycles. The van der Waals surface area contributed by atoms with Gasteiger partial charge in [0.15, 0.2) is 0 Å². The van der Waals surface area contributed by atoms with Crippen molar-refractivity contribution in [2.75, 3.05) is 0 Å². The molecular weight excluding hydrogens is 214 g/mol. The number of hydrogen-bond acceptors (Lipinski definition) is 2. The van der Waals surface area contributed by atoms with Crippen LogP contribution < -0.4 is 11.2 Å². The molecular formula is C13H19N3O. The highest BCUT2D eigenvalue weighted by Crippen LogP contribution is 2.22. The lowest BCUT2D eigenvalue weighted by atomic mass is 9.86. The molecule has 0 spiro atoms. The standard InChI is InChI=1S/C13H19N3O/c1-9(15-16-12(14)17)10-5-7-11(8-6-10)13(2,3)4/h5-8H,1-4H3,(H3,14,16,17)/b15-9-. The van der Waals surface area contributed by atoms with E-state index in [4.69, 9.17) is 5.73 Å². The quantitative estimate of drug-likeness (QED) is 0.597. The summed E-state index contributed by atoms with van der Waals surface area (Å²) in [6.45, 7) is 8.31. The maximum Gasteiger partial charge on any atom is 0.332 e. The van der Waals surface area contributed by atoms with Gasteiger partial charge >= 0.3 is 6.03 Å². The van der Waals surface area contributed by atoms with Crippen molar-refractivity contribution in [2.24, 2.45) is 10.8 Å². The van der Waals surface area contributed by atoms with Crippen molar-refractivity contribution in [1.82, 2.24) is 5.43 Å². The van der Waals surface area contributed by atoms with Crippen LogP contribution in [0.5, 0.6) is 0 Å². The minimum absolute atomic E-state index is 0.134. The molecule has 1 rings (SSSR count). The number of nitrogens with one attached hydrogen (secondary N) is 1. The number of nitrogens with two attached hydrogens (primary N) is 1. The van der Waals surface area contributed by atoms with Crippen molar-refractivity contribution in [1.29, 1.82) is 0 Å². The van der Waals surface area contributed by atoms with Crippen molar-refractivity contribution in [2.45, 2.75) is 33.1 Å². The monoisotopic (exact) mass is 233 g/mol. The molecule has 0 bridgehead atoms. The van der Waals surface area contributed by atoms with Crippen molar-refractivity contribution < 1.29 is 4.79 Å². The molecule has 17 heavy (non-hydrogen) atoms. The van der Waals surface area contributed by atoms with Crippen LogP contribution in [0.3, 0.4) is 0 Å². The first-order valence-electron chi connectivity index (χ1n) is 5.51. The van der Waals surface area contributed by atoms with Gasteiger partial charge in [-0.1, -0.05) is 45.0 Å². The zero-order valence-corrected chi connectivity index (χ0v) is 10.7. The highest BCUT2D eigenvalue weighted by Gasteiger charge is 2.13. The number of amides is 2. The van der Waals surface area contributed by atoms with Crippen LogP contribution in [-0.4, -0.2) is 11.7 Å². The summed E-state index contributed by atoms with van der Waals surface area (Å²) in [4.78, 5) is 10.5. The summed E-state index contributed by atoms with van der Waals surface area (Å²) in [6, 6.07) is 7.46. The zero-order chi connectivity index (χ0) is 13.1. The van der Waals surface area contributed by atoms with Crippen LogP contribution in [0.1, 0.15) is 38.8 Å². The van der Waals surface area contributed by atoms with E-state index < -0.39 is 6.03 Å². The topological polar surface area (TPSA) is 67.5 Å². The third kappa shape index (κ3) is 3.90. The smallest absolute Gasteiger partial charge is 0.332 e. The van der Waals surface area contributed by atoms with E-state index in [1.165, 1.54) is 5.56 Å². The van der Waals surface area contributed by atoms with Crippen LogP contribution in [0, 0.1) is 0 Å². The largest absolute Gasteiger partial charge is 0.350 e. The molecule has 2 amide bonds. The molecule has 4 heteroatoms. The van der Waals surface area contributed by atoms with Gasteiger partial charge in [-0.25, -0.2) is 10.2 Å². The first kappa shape index (κ1) is 13.2. The molecule has 1 aromatic carbocycles. The lowest BCUT2D eigenvalue weighted by Crippen LogP contribution is -2.25. The Kier molecular flexibility index (Phi) is 3.89. The van der Waals surface area contributed by atoms with Crippen LogP contribution in [0.15, 0.2) is 29.4 Å². The highest BCUT2D eigenvalue weighted by molar-refractivity contribution is 5.99. The van der Waals surface area contributed by atoms with Gasteiger partial charge in [0.2, 0.25) is 0 Å². The number of hydrazone groups is 1. The molecule has 0 aliphatic carbocycles. The molecule has 0 saturated carbocycles. The molecule has 0 aromatic heterocycles. The van der Waals surface area contributed by atoms with Crippen LogP contribution in [0.2, 0.25) is 0 Å². The average molecular weight is 233 g/mol. The van der Waals surface area contributed by atoms with Gasteiger partial charge in [0.05, 0.1) is 5.71 Å². The number of primary amides is 1. The Morgan fingerprint density at radius 1 is 1.24 bits per heavy atom. The fraction of sp³-hybridized carbons (Fsp3) is 0.385. The van der Waals surface area contributed by atoms with Gasteiger partial charge in [0.1, 0.15) is 0 Å². The number of carbonyl (C=O) groups excluding carboxylic acids is 1. The van der Waals surface area contributed by atoms with E-state index in [0.717, 1.165) is 11.3 Å². The molecule has 0 atom stereocenters. The molecule has 0 radical (unpaired) electrons. The fourth-order valence-electron chi connectivity index (χ4n) is 1.41. The second-order valence-electron chi connectivity index (χ2n) is 5.00. The predicted molar refractivity (Wildman–Crippen MR) is 70.1 cm³/mol. The Morgan fingerprint density at radius 2 is 1.76 bits per heavy atom. The molecule has 3 N–H and O–H groups in total. The second-order valence-corrected chi connectivity index (χ2v) is 5.00. The summed E-state index contributed by atoms with van der Waals surface area (Å²) in [7, 11) is 0. The Morgan fingerprint density at radius 3 is 2.18 bits per heavy atom. The van der Waals surface area contributed by atoms with E-state index in [-0.39, 0.29) is 5.41 Å². The molecule has 0 saturated heterocycles. The maximum absolute atomic E-state index is 10.5. The Bertz CT molecular complexity index is 427. The average Bonchev–Trinajstić information content (AvgIpc) is 2.25. The van der Waals surface area contributed by atoms with Gasteiger partial charge < -0.3 is 5.73 Å². The van der Waals surface area contributed by atoms with Crippen molar-refractivity contribution in [3.63, 3.8) is 0 Å². The normalized spacial score (nSPS) is 12.4. The van der Waals surface area contributed by atoms with Gasteiger partial charge in [-0.05, 0) is 23.5 Å². The Hall–Kier alpha value is -1.84. The van der Waals surface area contributed by atoms with Crippen molar-refractivity contribution in [3.05, 3.63) is 35.4 Å². The third-order valence-corrected chi connectivity index (χ3v) is 2.50. The van der Waals surface area contributed by atoms with Gasteiger partial charge in [0, 0.05) is 0 Å². The van der Waals surface area contributed by atoms with E-state index in [1.807, 2.05) is 19.1 Å². The lowest BCUT2D eigenvalue weighted by molar-refractivity contribution is 0.249. The highest BCUT2D eigenvalue weighted by atomic mass is 16.2. The number of hydrogen-bond donors (Lipinski definition) is 2. The van der Waals surface area contributed by atoms with E-state index in [1.54, 1.807) is 0 Å². The first-order valence-corrected chi connectivity index (χ1v) is 5.51. The molecule has 0 unspecified atom stereocenters. The van der Waals surface area contributed by atoms with Crippen LogP contribution in [-0.2, 0) is 5.41 Å². The minimum Gasteiger partial charge on any atom is -0.350 e. The van der Waals surface area contributed by atoms with E-state index in [2.05, 4.69) is 43.4 Å². The molecule has 0 fully saturated rings. The SMILES string of the molecule is C/C(=N/NC(N)=O)c1ccc(C(C)(C)C)cc1. The van der Waals surface area contributed by atoms with E-state index in [0.29, 0.717) is 0 Å².